The van der Waals surface area contributed by atoms with E-state index in [4.69, 9.17) is 17.3 Å². The van der Waals surface area contributed by atoms with Gasteiger partial charge < -0.3 is 5.73 Å². The second kappa shape index (κ2) is 3.29. The van der Waals surface area contributed by atoms with Crippen LogP contribution in [0, 0.1) is 0 Å². The molecule has 7 heavy (non-hydrogen) atoms. The third-order valence-corrected chi connectivity index (χ3v) is 1.15. The Labute approximate surface area is 52.4 Å². The maximum absolute atomic E-state index is 10.0. The zero-order valence-corrected chi connectivity index (χ0v) is 5.25. The van der Waals surface area contributed by atoms with E-state index in [2.05, 4.69) is 12.6 Å². The Hall–Kier alpha value is 0.270. The maximum atomic E-state index is 10.0. The van der Waals surface area contributed by atoms with E-state index in [0.717, 1.165) is 0 Å². The number of carbonyl (C=O) groups excluding carboxylic acids is 1. The zero-order chi connectivity index (χ0) is 5.86. The summed E-state index contributed by atoms with van der Waals surface area (Å²) in [6, 6.07) is -0.606. The lowest BCUT2D eigenvalue weighted by atomic mass is 10.4. The molecule has 0 bridgehead atoms. The predicted molar refractivity (Wildman–Crippen MR) is 32.7 cm³/mol. The second-order valence-electron chi connectivity index (χ2n) is 1.10. The molecule has 0 aliphatic heterocycles. The van der Waals surface area contributed by atoms with Gasteiger partial charge in [-0.1, -0.05) is 0 Å². The van der Waals surface area contributed by atoms with Crippen molar-refractivity contribution in [2.75, 3.05) is 5.88 Å². The van der Waals surface area contributed by atoms with Gasteiger partial charge in [-0.3, -0.25) is 4.79 Å². The molecule has 0 aromatic rings. The molecule has 0 aromatic heterocycles. The molecule has 0 radical (unpaired) electrons. The van der Waals surface area contributed by atoms with Crippen LogP contribution < -0.4 is 5.73 Å². The normalized spacial score (nSPS) is 13.6. The van der Waals surface area contributed by atoms with Gasteiger partial charge in [-0.25, -0.2) is 0 Å². The van der Waals surface area contributed by atoms with Gasteiger partial charge in [-0.2, -0.15) is 0 Å². The van der Waals surface area contributed by atoms with Crippen LogP contribution in [0.4, 0.5) is 0 Å². The van der Waals surface area contributed by atoms with E-state index in [1.165, 1.54) is 0 Å². The summed E-state index contributed by atoms with van der Waals surface area (Å²) in [6.07, 6.45) is 0. The van der Waals surface area contributed by atoms with E-state index in [1.54, 1.807) is 0 Å². The lowest BCUT2D eigenvalue weighted by molar-refractivity contribution is -0.111. The first-order valence-electron chi connectivity index (χ1n) is 1.73. The Bertz CT molecular complexity index is 77.3. The molecule has 0 unspecified atom stereocenters. The largest absolute Gasteiger partial charge is 0.320 e. The highest BCUT2D eigenvalue weighted by Crippen LogP contribution is 1.88. The summed E-state index contributed by atoms with van der Waals surface area (Å²) in [5.74, 6) is 0.141. The van der Waals surface area contributed by atoms with Crippen LogP contribution in [0.3, 0.4) is 0 Å². The van der Waals surface area contributed by atoms with E-state index in [0.29, 0.717) is 0 Å². The van der Waals surface area contributed by atoms with Crippen LogP contribution in [0.5, 0.6) is 0 Å². The summed E-state index contributed by atoms with van der Waals surface area (Å²) in [4.78, 5) is 10.0. The van der Waals surface area contributed by atoms with Gasteiger partial charge in [0.1, 0.15) is 0 Å². The first-order chi connectivity index (χ1) is 3.18. The van der Waals surface area contributed by atoms with E-state index >= 15 is 0 Å². The topological polar surface area (TPSA) is 43.1 Å². The summed E-state index contributed by atoms with van der Waals surface area (Å²) in [5, 5.41) is -0.366. The lowest BCUT2D eigenvalue weighted by Crippen LogP contribution is -2.28. The molecule has 0 aromatic carbocycles. The molecule has 0 rings (SSSR count). The first-order valence-corrected chi connectivity index (χ1v) is 2.71. The number of hydrogen-bond donors (Lipinski definition) is 2. The average molecular weight is 140 g/mol. The minimum Gasteiger partial charge on any atom is -0.320 e. The number of hydrogen-bond acceptors (Lipinski definition) is 2. The fraction of sp³-hybridized carbons (Fsp3) is 0.667. The van der Waals surface area contributed by atoms with Crippen molar-refractivity contribution in [1.82, 2.24) is 0 Å². The van der Waals surface area contributed by atoms with Crippen LogP contribution >= 0.6 is 24.2 Å². The molecule has 0 spiro atoms. The van der Waals surface area contributed by atoms with Crippen molar-refractivity contribution >= 4 is 29.3 Å². The van der Waals surface area contributed by atoms with Crippen LogP contribution in [-0.2, 0) is 4.79 Å². The lowest BCUT2D eigenvalue weighted by Gasteiger charge is -1.96. The summed E-state index contributed by atoms with van der Waals surface area (Å²) in [7, 11) is 0. The maximum Gasteiger partial charge on any atom is 0.203 e. The molecule has 0 aliphatic carbocycles. The fourth-order valence-electron chi connectivity index (χ4n) is 0.0660. The third-order valence-electron chi connectivity index (χ3n) is 0.483. The molecular weight excluding hydrogens is 134 g/mol. The predicted octanol–water partition coefficient (Wildman–Crippen LogP) is 0.00890. The Kier molecular flexibility index (Phi) is 3.42. The van der Waals surface area contributed by atoms with E-state index in [9.17, 15) is 4.79 Å². The van der Waals surface area contributed by atoms with Crippen LogP contribution in [0.15, 0.2) is 0 Å². The Morgan fingerprint density at radius 2 is 2.43 bits per heavy atom. The number of nitrogens with two attached hydrogens (primary N) is 1. The SMILES string of the molecule is N[C@@H](CCl)C(=O)S. The van der Waals surface area contributed by atoms with Gasteiger partial charge in [0, 0.05) is 5.88 Å². The van der Waals surface area contributed by atoms with Gasteiger partial charge in [-0.05, 0) is 0 Å². The third kappa shape index (κ3) is 2.91. The van der Waals surface area contributed by atoms with Gasteiger partial charge in [0.05, 0.1) is 6.04 Å². The molecule has 0 saturated carbocycles. The highest BCUT2D eigenvalue weighted by molar-refractivity contribution is 7.96. The van der Waals surface area contributed by atoms with Gasteiger partial charge in [0.15, 0.2) is 0 Å². The number of alkyl halides is 1. The van der Waals surface area contributed by atoms with Crippen LogP contribution in [0.2, 0.25) is 0 Å². The van der Waals surface area contributed by atoms with Crippen LogP contribution in [-0.4, -0.2) is 17.0 Å². The Balaban J connectivity index is 3.34. The Morgan fingerprint density at radius 3 is 2.43 bits per heavy atom. The number of carbonyl (C=O) groups is 1. The number of rotatable bonds is 2. The van der Waals surface area contributed by atoms with Crippen molar-refractivity contribution in [2.45, 2.75) is 6.04 Å². The monoisotopic (exact) mass is 139 g/mol. The highest BCUT2D eigenvalue weighted by Gasteiger charge is 2.04. The number of thiol groups is 1. The number of halogens is 1. The van der Waals surface area contributed by atoms with Gasteiger partial charge >= 0.3 is 0 Å². The van der Waals surface area contributed by atoms with Gasteiger partial charge in [0.25, 0.3) is 0 Å². The van der Waals surface area contributed by atoms with Crippen molar-refractivity contribution in [1.29, 1.82) is 0 Å². The molecular formula is C3H6ClNOS. The molecule has 1 atom stereocenters. The van der Waals surface area contributed by atoms with E-state index < -0.39 is 6.04 Å². The van der Waals surface area contributed by atoms with Crippen LogP contribution in [0.1, 0.15) is 0 Å². The molecule has 42 valence electrons. The Morgan fingerprint density at radius 1 is 2.00 bits per heavy atom. The zero-order valence-electron chi connectivity index (χ0n) is 3.60. The van der Waals surface area contributed by atoms with Gasteiger partial charge in [-0.15, -0.1) is 24.2 Å². The molecule has 0 fully saturated rings. The molecule has 0 amide bonds. The molecule has 2 nitrogen and oxygen atoms in total. The summed E-state index contributed by atoms with van der Waals surface area (Å²) in [6.45, 7) is 0. The molecule has 2 N–H and O–H groups in total. The van der Waals surface area contributed by atoms with Crippen molar-refractivity contribution < 1.29 is 4.79 Å². The van der Waals surface area contributed by atoms with Crippen molar-refractivity contribution in [3.05, 3.63) is 0 Å². The van der Waals surface area contributed by atoms with Crippen molar-refractivity contribution in [2.24, 2.45) is 5.73 Å². The molecule has 4 heteroatoms. The van der Waals surface area contributed by atoms with Crippen LogP contribution in [0.25, 0.3) is 0 Å². The second-order valence-corrected chi connectivity index (χ2v) is 1.85. The highest BCUT2D eigenvalue weighted by atomic mass is 35.5. The summed E-state index contributed by atoms with van der Waals surface area (Å²) < 4.78 is 0. The average Bonchev–Trinajstić information content (AvgIpc) is 1.65. The molecule has 0 aliphatic rings. The van der Waals surface area contributed by atoms with E-state index in [-0.39, 0.29) is 11.0 Å². The van der Waals surface area contributed by atoms with Crippen molar-refractivity contribution in [3.63, 3.8) is 0 Å². The van der Waals surface area contributed by atoms with Gasteiger partial charge in [0.2, 0.25) is 5.12 Å². The minimum absolute atomic E-state index is 0.141. The summed E-state index contributed by atoms with van der Waals surface area (Å²) in [5.41, 5.74) is 5.06. The molecule has 0 saturated heterocycles. The fourth-order valence-corrected chi connectivity index (χ4v) is 0.405. The quantitative estimate of drug-likeness (QED) is 0.418. The smallest absolute Gasteiger partial charge is 0.203 e. The first kappa shape index (κ1) is 7.27. The van der Waals surface area contributed by atoms with Crippen molar-refractivity contribution in [3.8, 4) is 0 Å². The van der Waals surface area contributed by atoms with E-state index in [1.807, 2.05) is 0 Å². The molecule has 0 heterocycles. The summed E-state index contributed by atoms with van der Waals surface area (Å²) >= 11 is 8.58. The standard InChI is InChI=1S/C3H6ClNOS/c4-1-2(5)3(6)7/h2H,1,5H2,(H,6,7)/t2-/m0/s1. The minimum atomic E-state index is -0.606.